The summed E-state index contributed by atoms with van der Waals surface area (Å²) >= 11 is 0. The zero-order chi connectivity index (χ0) is 16.6. The highest BCUT2D eigenvalue weighted by Crippen LogP contribution is 2.18. The maximum absolute atomic E-state index is 12.2. The molecule has 22 heavy (non-hydrogen) atoms. The van der Waals surface area contributed by atoms with E-state index in [1.165, 1.54) is 11.2 Å². The van der Waals surface area contributed by atoms with Gasteiger partial charge in [0, 0.05) is 19.5 Å². The summed E-state index contributed by atoms with van der Waals surface area (Å²) in [4.78, 5) is 10.4. The molecular formula is C14H24N2O5S. The van der Waals surface area contributed by atoms with Crippen LogP contribution in [0.25, 0.3) is 0 Å². The van der Waals surface area contributed by atoms with Crippen molar-refractivity contribution in [2.75, 3.05) is 25.4 Å². The summed E-state index contributed by atoms with van der Waals surface area (Å²) in [6.07, 6.45) is 2.24. The second-order valence-electron chi connectivity index (χ2n) is 5.26. The van der Waals surface area contributed by atoms with Crippen LogP contribution in [-0.2, 0) is 19.6 Å². The summed E-state index contributed by atoms with van der Waals surface area (Å²) < 4.78 is 31.5. The molecular weight excluding hydrogens is 308 g/mol. The van der Waals surface area contributed by atoms with Crippen molar-refractivity contribution in [3.05, 3.63) is 0 Å². The van der Waals surface area contributed by atoms with Crippen LogP contribution >= 0.6 is 0 Å². The maximum Gasteiger partial charge on any atom is 0.233 e. The first kappa shape index (κ1) is 18.9. The lowest BCUT2D eigenvalue weighted by Crippen LogP contribution is -2.45. The number of piperidine rings is 1. The fraction of sp³-hybridized carbons (Fsp3) is 0.786. The van der Waals surface area contributed by atoms with Gasteiger partial charge in [0.05, 0.1) is 24.5 Å². The number of hydrogen-bond donors (Lipinski definition) is 1. The average Bonchev–Trinajstić information content (AvgIpc) is 2.50. The van der Waals surface area contributed by atoms with E-state index in [1.54, 1.807) is 6.92 Å². The van der Waals surface area contributed by atoms with Gasteiger partial charge in [-0.1, -0.05) is 0 Å². The summed E-state index contributed by atoms with van der Waals surface area (Å²) in [6.45, 7) is 4.62. The minimum Gasteiger partial charge on any atom is -0.377 e. The van der Waals surface area contributed by atoms with Crippen LogP contribution in [0.1, 0.15) is 33.1 Å². The van der Waals surface area contributed by atoms with Gasteiger partial charge in [0.1, 0.15) is 0 Å². The SMILES string of the molecule is CC#CCCOC1CCN(S(=O)(=O)CC(C)N(O)C=O)CC1. The standard InChI is InChI=1S/C14H24N2O5S/c1-3-4-5-10-21-14-6-8-15(9-7-14)22(19,20)11-13(2)16(18)12-17/h12-14,18H,5-11H2,1-2H3. The number of nitrogens with zero attached hydrogens (tertiary/aromatic N) is 2. The zero-order valence-electron chi connectivity index (χ0n) is 13.1. The van der Waals surface area contributed by atoms with Gasteiger partial charge in [-0.15, -0.1) is 11.8 Å². The van der Waals surface area contributed by atoms with Gasteiger partial charge >= 0.3 is 0 Å². The number of rotatable bonds is 8. The van der Waals surface area contributed by atoms with Crippen LogP contribution in [0, 0.1) is 11.8 Å². The number of hydroxylamine groups is 2. The Bertz CT molecular complexity index is 503. The first-order valence-corrected chi connectivity index (χ1v) is 8.93. The highest BCUT2D eigenvalue weighted by Gasteiger charge is 2.30. The quantitative estimate of drug-likeness (QED) is 0.229. The van der Waals surface area contributed by atoms with E-state index in [2.05, 4.69) is 11.8 Å². The molecule has 7 nitrogen and oxygen atoms in total. The molecule has 0 radical (unpaired) electrons. The first-order chi connectivity index (χ1) is 10.4. The zero-order valence-corrected chi connectivity index (χ0v) is 13.9. The van der Waals surface area contributed by atoms with Gasteiger partial charge in [0.2, 0.25) is 16.4 Å². The Balaban J connectivity index is 2.42. The molecule has 0 aromatic heterocycles. The Morgan fingerprint density at radius 1 is 1.45 bits per heavy atom. The molecule has 1 heterocycles. The number of carbonyl (C=O) groups is 1. The van der Waals surface area contributed by atoms with E-state index >= 15 is 0 Å². The molecule has 1 unspecified atom stereocenters. The van der Waals surface area contributed by atoms with Gasteiger partial charge in [0.15, 0.2) is 0 Å². The third-order valence-corrected chi connectivity index (χ3v) is 5.62. The lowest BCUT2D eigenvalue weighted by molar-refractivity contribution is -0.156. The Morgan fingerprint density at radius 2 is 2.09 bits per heavy atom. The molecule has 0 aliphatic carbocycles. The molecule has 1 aliphatic rings. The van der Waals surface area contributed by atoms with Gasteiger partial charge in [-0.25, -0.2) is 17.8 Å². The smallest absolute Gasteiger partial charge is 0.233 e. The van der Waals surface area contributed by atoms with Crippen LogP contribution in [-0.4, -0.2) is 67.0 Å². The van der Waals surface area contributed by atoms with Crippen LogP contribution in [0.4, 0.5) is 0 Å². The fourth-order valence-corrected chi connectivity index (χ4v) is 4.01. The van der Waals surface area contributed by atoms with Crippen LogP contribution < -0.4 is 0 Å². The maximum atomic E-state index is 12.2. The molecule has 1 amide bonds. The van der Waals surface area contributed by atoms with Crippen molar-refractivity contribution < 1.29 is 23.2 Å². The van der Waals surface area contributed by atoms with Crippen molar-refractivity contribution in [1.29, 1.82) is 0 Å². The number of carbonyl (C=O) groups excluding carboxylic acids is 1. The lowest BCUT2D eigenvalue weighted by atomic mass is 10.1. The first-order valence-electron chi connectivity index (χ1n) is 7.32. The van der Waals surface area contributed by atoms with Crippen molar-refractivity contribution in [2.24, 2.45) is 0 Å². The minimum atomic E-state index is -3.50. The van der Waals surface area contributed by atoms with Crippen molar-refractivity contribution in [2.45, 2.75) is 45.3 Å². The van der Waals surface area contributed by atoms with Crippen LogP contribution in [0.2, 0.25) is 0 Å². The molecule has 1 rings (SSSR count). The highest BCUT2D eigenvalue weighted by atomic mass is 32.2. The topological polar surface area (TPSA) is 87.2 Å². The van der Waals surface area contributed by atoms with Gasteiger partial charge in [-0.2, -0.15) is 0 Å². The molecule has 0 saturated carbocycles. The van der Waals surface area contributed by atoms with Gasteiger partial charge in [0.25, 0.3) is 0 Å². The average molecular weight is 332 g/mol. The molecule has 0 aromatic carbocycles. The van der Waals surface area contributed by atoms with E-state index in [-0.39, 0.29) is 18.3 Å². The Morgan fingerprint density at radius 3 is 2.64 bits per heavy atom. The number of hydrogen-bond acceptors (Lipinski definition) is 5. The number of sulfonamides is 1. The molecule has 1 N–H and O–H groups in total. The van der Waals surface area contributed by atoms with Gasteiger partial charge < -0.3 is 4.74 Å². The van der Waals surface area contributed by atoms with E-state index in [4.69, 9.17) is 4.74 Å². The molecule has 8 heteroatoms. The summed E-state index contributed by atoms with van der Waals surface area (Å²) in [5, 5.41) is 9.60. The van der Waals surface area contributed by atoms with Crippen LogP contribution in [0.5, 0.6) is 0 Å². The van der Waals surface area contributed by atoms with Gasteiger partial charge in [-0.05, 0) is 26.7 Å². The predicted octanol–water partition coefficient (Wildman–Crippen LogP) is 0.447. The minimum absolute atomic E-state index is 0.0619. The molecule has 1 atom stereocenters. The Labute approximate surface area is 132 Å². The van der Waals surface area contributed by atoms with Crippen molar-refractivity contribution >= 4 is 16.4 Å². The van der Waals surface area contributed by atoms with Crippen LogP contribution in [0.3, 0.4) is 0 Å². The molecule has 1 fully saturated rings. The van der Waals surface area contributed by atoms with Crippen molar-refractivity contribution in [3.8, 4) is 11.8 Å². The third-order valence-electron chi connectivity index (χ3n) is 3.56. The normalized spacial score (nSPS) is 18.3. The summed E-state index contributed by atoms with van der Waals surface area (Å²) in [5.74, 6) is 5.43. The van der Waals surface area contributed by atoms with E-state index in [0.717, 1.165) is 0 Å². The molecule has 1 aliphatic heterocycles. The third kappa shape index (κ3) is 5.93. The van der Waals surface area contributed by atoms with Gasteiger partial charge in [-0.3, -0.25) is 10.0 Å². The number of ether oxygens (including phenoxy) is 1. The monoisotopic (exact) mass is 332 g/mol. The predicted molar refractivity (Wildman–Crippen MR) is 81.6 cm³/mol. The summed E-state index contributed by atoms with van der Waals surface area (Å²) in [7, 11) is -3.50. The fourth-order valence-electron chi connectivity index (χ4n) is 2.27. The van der Waals surface area contributed by atoms with Crippen LogP contribution in [0.15, 0.2) is 0 Å². The van der Waals surface area contributed by atoms with E-state index in [0.29, 0.717) is 44.0 Å². The van der Waals surface area contributed by atoms with E-state index in [9.17, 15) is 18.4 Å². The molecule has 0 spiro atoms. The summed E-state index contributed by atoms with van der Waals surface area (Å²) in [6, 6.07) is -0.774. The second kappa shape index (κ2) is 9.10. The molecule has 0 aromatic rings. The van der Waals surface area contributed by atoms with Crippen molar-refractivity contribution in [1.82, 2.24) is 9.37 Å². The molecule has 126 valence electrons. The van der Waals surface area contributed by atoms with E-state index in [1.807, 2.05) is 0 Å². The Kier molecular flexibility index (Phi) is 7.82. The number of amides is 1. The largest absolute Gasteiger partial charge is 0.377 e. The lowest BCUT2D eigenvalue weighted by Gasteiger charge is -2.32. The van der Waals surface area contributed by atoms with Crippen molar-refractivity contribution in [3.63, 3.8) is 0 Å². The summed E-state index contributed by atoms with van der Waals surface area (Å²) in [5.41, 5.74) is 0. The Hall–Kier alpha value is -1.14. The second-order valence-corrected chi connectivity index (χ2v) is 7.27. The molecule has 1 saturated heterocycles. The van der Waals surface area contributed by atoms with E-state index < -0.39 is 16.1 Å². The highest BCUT2D eigenvalue weighted by molar-refractivity contribution is 7.89. The molecule has 0 bridgehead atoms.